The number of phenols is 1. The van der Waals surface area contributed by atoms with Gasteiger partial charge in [0.2, 0.25) is 11.8 Å². The molecule has 8 heteroatoms. The molecule has 2 atom stereocenters. The molecule has 2 unspecified atom stereocenters. The molecule has 0 spiro atoms. The van der Waals surface area contributed by atoms with Crippen LogP contribution >= 0.6 is 0 Å². The van der Waals surface area contributed by atoms with Crippen LogP contribution in [0.3, 0.4) is 0 Å². The first kappa shape index (κ1) is 33.3. The molecule has 1 aromatic rings. The van der Waals surface area contributed by atoms with E-state index in [1.165, 1.54) is 12.1 Å². The standard InChI is InChI=1S/C30H51N3O5/c1-8-10-12-13-15-21-33(28(36)25(22(3)4)32-29(37)38-30(5,6)7)26(23-16-18-24(34)19-17-23)27(35)31-20-14-11-9-2/h16-19,22,25-26,34H,8-15,20-21H2,1-7H3,(H,31,35)(H,32,37). The van der Waals surface area contributed by atoms with E-state index in [1.807, 2.05) is 13.8 Å². The molecule has 0 heterocycles. The number of unbranched alkanes of at least 4 members (excludes halogenated alkanes) is 6. The third-order valence-corrected chi connectivity index (χ3v) is 6.24. The number of benzene rings is 1. The van der Waals surface area contributed by atoms with Crippen molar-refractivity contribution in [3.8, 4) is 5.75 Å². The molecule has 38 heavy (non-hydrogen) atoms. The van der Waals surface area contributed by atoms with Gasteiger partial charge in [-0.3, -0.25) is 9.59 Å². The molecule has 1 aromatic carbocycles. The van der Waals surface area contributed by atoms with Gasteiger partial charge >= 0.3 is 6.09 Å². The Morgan fingerprint density at radius 2 is 1.50 bits per heavy atom. The number of carbonyl (C=O) groups is 3. The van der Waals surface area contributed by atoms with Crippen molar-refractivity contribution in [3.63, 3.8) is 0 Å². The van der Waals surface area contributed by atoms with Gasteiger partial charge in [0.05, 0.1) is 0 Å². The summed E-state index contributed by atoms with van der Waals surface area (Å²) < 4.78 is 5.43. The van der Waals surface area contributed by atoms with Crippen LogP contribution in [0, 0.1) is 5.92 Å². The molecule has 0 fully saturated rings. The first-order valence-electron chi connectivity index (χ1n) is 14.3. The van der Waals surface area contributed by atoms with Crippen LogP contribution in [0.1, 0.15) is 111 Å². The van der Waals surface area contributed by atoms with Crippen LogP contribution in [0.2, 0.25) is 0 Å². The van der Waals surface area contributed by atoms with Gasteiger partial charge in [-0.1, -0.05) is 78.4 Å². The Labute approximate surface area is 229 Å². The summed E-state index contributed by atoms with van der Waals surface area (Å²) in [6.45, 7) is 14.2. The molecule has 216 valence electrons. The average Bonchev–Trinajstić information content (AvgIpc) is 2.83. The van der Waals surface area contributed by atoms with Crippen molar-refractivity contribution in [2.24, 2.45) is 5.92 Å². The fraction of sp³-hybridized carbons (Fsp3) is 0.700. The predicted octanol–water partition coefficient (Wildman–Crippen LogP) is 6.09. The molecule has 0 aromatic heterocycles. The maximum atomic E-state index is 14.1. The second-order valence-electron chi connectivity index (χ2n) is 11.3. The van der Waals surface area contributed by atoms with Crippen molar-refractivity contribution >= 4 is 17.9 Å². The van der Waals surface area contributed by atoms with E-state index < -0.39 is 23.8 Å². The fourth-order valence-electron chi connectivity index (χ4n) is 4.19. The summed E-state index contributed by atoms with van der Waals surface area (Å²) in [6, 6.07) is 4.64. The molecule has 3 amide bonds. The Morgan fingerprint density at radius 3 is 2.05 bits per heavy atom. The highest BCUT2D eigenvalue weighted by atomic mass is 16.6. The summed E-state index contributed by atoms with van der Waals surface area (Å²) in [5.41, 5.74) is -0.0990. The SMILES string of the molecule is CCCCCCCN(C(=O)C(NC(=O)OC(C)(C)C)C(C)C)C(C(=O)NCCCCC)c1ccc(O)cc1. The van der Waals surface area contributed by atoms with Gasteiger partial charge < -0.3 is 25.4 Å². The normalized spacial score (nSPS) is 13.1. The Balaban J connectivity index is 3.36. The maximum absolute atomic E-state index is 14.1. The van der Waals surface area contributed by atoms with Gasteiger partial charge in [-0.05, 0) is 57.2 Å². The number of aromatic hydroxyl groups is 1. The fourth-order valence-corrected chi connectivity index (χ4v) is 4.19. The smallest absolute Gasteiger partial charge is 0.408 e. The summed E-state index contributed by atoms with van der Waals surface area (Å²) in [6.07, 6.45) is 7.16. The third kappa shape index (κ3) is 12.2. The van der Waals surface area contributed by atoms with E-state index in [1.54, 1.807) is 37.8 Å². The molecule has 0 aliphatic rings. The summed E-state index contributed by atoms with van der Waals surface area (Å²) in [5, 5.41) is 15.6. The monoisotopic (exact) mass is 533 g/mol. The molecule has 0 aliphatic carbocycles. The minimum atomic E-state index is -0.891. The number of amides is 3. The molecule has 0 bridgehead atoms. The molecule has 8 nitrogen and oxygen atoms in total. The number of rotatable bonds is 16. The van der Waals surface area contributed by atoms with Crippen molar-refractivity contribution < 1.29 is 24.2 Å². The molecule has 0 saturated carbocycles. The Bertz CT molecular complexity index is 848. The van der Waals surface area contributed by atoms with E-state index in [0.29, 0.717) is 18.7 Å². The highest BCUT2D eigenvalue weighted by Gasteiger charge is 2.37. The topological polar surface area (TPSA) is 108 Å². The molecule has 0 radical (unpaired) electrons. The van der Waals surface area contributed by atoms with Crippen LogP contribution in [0.25, 0.3) is 0 Å². The van der Waals surface area contributed by atoms with Gasteiger partial charge in [0.25, 0.3) is 0 Å². The van der Waals surface area contributed by atoms with E-state index >= 15 is 0 Å². The Morgan fingerprint density at radius 1 is 0.921 bits per heavy atom. The lowest BCUT2D eigenvalue weighted by Gasteiger charge is -2.35. The van der Waals surface area contributed by atoms with Crippen molar-refractivity contribution in [3.05, 3.63) is 29.8 Å². The van der Waals surface area contributed by atoms with E-state index in [4.69, 9.17) is 4.74 Å². The van der Waals surface area contributed by atoms with Crippen LogP contribution in [0.4, 0.5) is 4.79 Å². The highest BCUT2D eigenvalue weighted by molar-refractivity contribution is 5.92. The molecule has 1 rings (SSSR count). The lowest BCUT2D eigenvalue weighted by molar-refractivity contribution is -0.143. The zero-order chi connectivity index (χ0) is 28.7. The lowest BCUT2D eigenvalue weighted by atomic mass is 9.98. The van der Waals surface area contributed by atoms with Gasteiger partial charge in [-0.15, -0.1) is 0 Å². The van der Waals surface area contributed by atoms with Crippen molar-refractivity contribution in [2.75, 3.05) is 13.1 Å². The van der Waals surface area contributed by atoms with Crippen LogP contribution in [-0.2, 0) is 14.3 Å². The minimum absolute atomic E-state index is 0.0833. The zero-order valence-electron chi connectivity index (χ0n) is 24.6. The zero-order valence-corrected chi connectivity index (χ0v) is 24.6. The van der Waals surface area contributed by atoms with Gasteiger partial charge in [0.1, 0.15) is 23.4 Å². The third-order valence-electron chi connectivity index (χ3n) is 6.24. The Kier molecular flexibility index (Phi) is 14.8. The van der Waals surface area contributed by atoms with Crippen LogP contribution in [-0.4, -0.2) is 52.6 Å². The number of phenolic OH excluding ortho intramolecular Hbond substituents is 1. The minimum Gasteiger partial charge on any atom is -0.508 e. The predicted molar refractivity (Wildman–Crippen MR) is 152 cm³/mol. The number of nitrogens with zero attached hydrogens (tertiary/aromatic N) is 1. The van der Waals surface area contributed by atoms with Gasteiger partial charge in [-0.25, -0.2) is 4.79 Å². The second-order valence-corrected chi connectivity index (χ2v) is 11.3. The van der Waals surface area contributed by atoms with Crippen LogP contribution in [0.15, 0.2) is 24.3 Å². The van der Waals surface area contributed by atoms with E-state index in [0.717, 1.165) is 51.4 Å². The molecule has 0 aliphatic heterocycles. The molecule has 3 N–H and O–H groups in total. The molecular formula is C30H51N3O5. The van der Waals surface area contributed by atoms with E-state index in [2.05, 4.69) is 24.5 Å². The number of hydrogen-bond donors (Lipinski definition) is 3. The summed E-state index contributed by atoms with van der Waals surface area (Å²) >= 11 is 0. The number of hydrogen-bond acceptors (Lipinski definition) is 5. The van der Waals surface area contributed by atoms with Crippen molar-refractivity contribution in [1.82, 2.24) is 15.5 Å². The molecule has 0 saturated heterocycles. The van der Waals surface area contributed by atoms with Crippen LogP contribution in [0.5, 0.6) is 5.75 Å². The average molecular weight is 534 g/mol. The number of alkyl carbamates (subject to hydrolysis) is 1. The van der Waals surface area contributed by atoms with Crippen molar-refractivity contribution in [1.29, 1.82) is 0 Å². The largest absolute Gasteiger partial charge is 0.508 e. The van der Waals surface area contributed by atoms with Gasteiger partial charge in [-0.2, -0.15) is 0 Å². The maximum Gasteiger partial charge on any atom is 0.408 e. The van der Waals surface area contributed by atoms with E-state index in [-0.39, 0.29) is 23.5 Å². The first-order chi connectivity index (χ1) is 17.9. The van der Waals surface area contributed by atoms with Crippen LogP contribution < -0.4 is 10.6 Å². The quantitative estimate of drug-likeness (QED) is 0.223. The Hall–Kier alpha value is -2.77. The summed E-state index contributed by atoms with van der Waals surface area (Å²) in [7, 11) is 0. The first-order valence-corrected chi connectivity index (χ1v) is 14.3. The van der Waals surface area contributed by atoms with Crippen molar-refractivity contribution in [2.45, 2.75) is 118 Å². The number of carbonyl (C=O) groups excluding carboxylic acids is 3. The lowest BCUT2D eigenvalue weighted by Crippen LogP contribution is -2.55. The number of nitrogens with one attached hydrogen (secondary N) is 2. The molecular weight excluding hydrogens is 482 g/mol. The summed E-state index contributed by atoms with van der Waals surface area (Å²) in [5.74, 6) is -0.748. The number of ether oxygens (including phenoxy) is 1. The van der Waals surface area contributed by atoms with Gasteiger partial charge in [0, 0.05) is 13.1 Å². The van der Waals surface area contributed by atoms with Gasteiger partial charge in [0.15, 0.2) is 0 Å². The second kappa shape index (κ2) is 16.9. The highest BCUT2D eigenvalue weighted by Crippen LogP contribution is 2.26. The van der Waals surface area contributed by atoms with E-state index in [9.17, 15) is 19.5 Å². The summed E-state index contributed by atoms with van der Waals surface area (Å²) in [4.78, 5) is 41.9.